The molecule has 0 saturated carbocycles. The van der Waals surface area contributed by atoms with Crippen LogP contribution in [0.25, 0.3) is 4.96 Å². The second-order valence-electron chi connectivity index (χ2n) is 7.49. The smallest absolute Gasteiger partial charge is 0.275 e. The maximum absolute atomic E-state index is 12.1. The third-order valence-electron chi connectivity index (χ3n) is 5.47. The van der Waals surface area contributed by atoms with E-state index in [9.17, 15) is 4.79 Å². The topological polar surface area (TPSA) is 71.8 Å². The highest BCUT2D eigenvalue weighted by molar-refractivity contribution is 7.20. The molecule has 3 heterocycles. The van der Waals surface area contributed by atoms with E-state index >= 15 is 0 Å². The minimum Gasteiger partial charge on any atom is -0.497 e. The molecule has 4 rings (SSSR count). The Balaban J connectivity index is 1.28. The molecule has 7 nitrogen and oxygen atoms in total. The number of likely N-dealkylation sites (tertiary alicyclic amines) is 1. The van der Waals surface area contributed by atoms with E-state index in [1.807, 2.05) is 19.1 Å². The predicted octanol–water partition coefficient (Wildman–Crippen LogP) is 3.05. The summed E-state index contributed by atoms with van der Waals surface area (Å²) < 4.78 is 6.62. The van der Waals surface area contributed by atoms with Gasteiger partial charge in [0.25, 0.3) is 5.56 Å². The van der Waals surface area contributed by atoms with E-state index in [0.717, 1.165) is 62.0 Å². The molecule has 8 heteroatoms. The van der Waals surface area contributed by atoms with Crippen molar-refractivity contribution in [3.8, 4) is 5.75 Å². The SMILES string of the molecule is CCc1cc(=O)n2nc(NCC3CCN(Cc4ccc(OC)cc4)CC3)sc2n1. The van der Waals surface area contributed by atoms with Crippen LogP contribution >= 0.6 is 11.3 Å². The lowest BCUT2D eigenvalue weighted by Crippen LogP contribution is -2.35. The zero-order valence-corrected chi connectivity index (χ0v) is 17.7. The minimum absolute atomic E-state index is 0.108. The van der Waals surface area contributed by atoms with Crippen LogP contribution in [0.1, 0.15) is 31.0 Å². The number of methoxy groups -OCH3 is 1. The highest BCUT2D eigenvalue weighted by Gasteiger charge is 2.20. The lowest BCUT2D eigenvalue weighted by molar-refractivity contribution is 0.182. The van der Waals surface area contributed by atoms with E-state index in [2.05, 4.69) is 32.4 Å². The molecule has 1 N–H and O–H groups in total. The van der Waals surface area contributed by atoms with Crippen LogP contribution in [0.2, 0.25) is 0 Å². The van der Waals surface area contributed by atoms with Crippen molar-refractivity contribution in [2.45, 2.75) is 32.7 Å². The van der Waals surface area contributed by atoms with Gasteiger partial charge in [-0.3, -0.25) is 9.69 Å². The molecule has 1 saturated heterocycles. The summed E-state index contributed by atoms with van der Waals surface area (Å²) in [7, 11) is 1.69. The molecule has 2 aromatic heterocycles. The quantitative estimate of drug-likeness (QED) is 0.642. The van der Waals surface area contributed by atoms with Crippen molar-refractivity contribution in [3.63, 3.8) is 0 Å². The molecule has 0 amide bonds. The Bertz CT molecular complexity index is 1010. The van der Waals surface area contributed by atoms with Gasteiger partial charge in [-0.05, 0) is 56.0 Å². The van der Waals surface area contributed by atoms with E-state index in [1.54, 1.807) is 13.2 Å². The highest BCUT2D eigenvalue weighted by atomic mass is 32.1. The van der Waals surface area contributed by atoms with Crippen molar-refractivity contribution in [1.29, 1.82) is 0 Å². The summed E-state index contributed by atoms with van der Waals surface area (Å²) in [6.07, 6.45) is 3.07. The second-order valence-corrected chi connectivity index (χ2v) is 8.45. The number of aryl methyl sites for hydroxylation is 1. The third kappa shape index (κ3) is 4.76. The normalized spacial score (nSPS) is 15.7. The number of piperidine rings is 1. The number of hydrogen-bond acceptors (Lipinski definition) is 7. The largest absolute Gasteiger partial charge is 0.497 e. The molecule has 1 aromatic carbocycles. The second kappa shape index (κ2) is 8.92. The zero-order valence-electron chi connectivity index (χ0n) is 16.9. The lowest BCUT2D eigenvalue weighted by Gasteiger charge is -2.32. The van der Waals surface area contributed by atoms with Gasteiger partial charge in [-0.2, -0.15) is 4.52 Å². The average Bonchev–Trinajstić information content (AvgIpc) is 3.17. The molecule has 0 spiro atoms. The number of nitrogens with one attached hydrogen (secondary N) is 1. The number of rotatable bonds is 7. The molecule has 1 aliphatic heterocycles. The van der Waals surface area contributed by atoms with E-state index in [0.29, 0.717) is 10.9 Å². The highest BCUT2D eigenvalue weighted by Crippen LogP contribution is 2.22. The maximum Gasteiger partial charge on any atom is 0.275 e. The van der Waals surface area contributed by atoms with Crippen LogP contribution in [0, 0.1) is 5.92 Å². The summed E-state index contributed by atoms with van der Waals surface area (Å²) in [5, 5.41) is 8.57. The third-order valence-corrected chi connectivity index (χ3v) is 6.34. The van der Waals surface area contributed by atoms with Gasteiger partial charge in [0.15, 0.2) is 0 Å². The van der Waals surface area contributed by atoms with Gasteiger partial charge in [-0.15, -0.1) is 5.10 Å². The van der Waals surface area contributed by atoms with Crippen LogP contribution in [0.4, 0.5) is 5.13 Å². The van der Waals surface area contributed by atoms with Crippen LogP contribution < -0.4 is 15.6 Å². The van der Waals surface area contributed by atoms with Crippen molar-refractivity contribution in [1.82, 2.24) is 19.5 Å². The van der Waals surface area contributed by atoms with Gasteiger partial charge in [0, 0.05) is 24.8 Å². The fourth-order valence-electron chi connectivity index (χ4n) is 3.68. The van der Waals surface area contributed by atoms with E-state index in [4.69, 9.17) is 4.74 Å². The molecule has 0 bridgehead atoms. The molecule has 1 aliphatic rings. The maximum atomic E-state index is 12.1. The number of aromatic nitrogens is 3. The Morgan fingerprint density at radius 1 is 1.24 bits per heavy atom. The zero-order chi connectivity index (χ0) is 20.2. The fourth-order valence-corrected chi connectivity index (χ4v) is 4.51. The molecule has 3 aromatic rings. The standard InChI is InChI=1S/C21H27N5O2S/c1-3-17-12-19(27)26-21(23-17)29-20(24-26)22-13-15-8-10-25(11-9-15)14-16-4-6-18(28-2)7-5-16/h4-7,12,15H,3,8-11,13-14H2,1-2H3,(H,22,24). The van der Waals surface area contributed by atoms with Crippen molar-refractivity contribution in [2.75, 3.05) is 32.1 Å². The number of fused-ring (bicyclic) bond motifs is 1. The van der Waals surface area contributed by atoms with Crippen molar-refractivity contribution in [2.24, 2.45) is 5.92 Å². The summed E-state index contributed by atoms with van der Waals surface area (Å²) in [4.78, 5) is 19.8. The fraction of sp³-hybridized carbons (Fsp3) is 0.476. The van der Waals surface area contributed by atoms with E-state index in [-0.39, 0.29) is 5.56 Å². The molecule has 1 fully saturated rings. The molecular weight excluding hydrogens is 386 g/mol. The number of anilines is 1. The first-order valence-electron chi connectivity index (χ1n) is 10.1. The first-order valence-corrected chi connectivity index (χ1v) is 10.9. The molecule has 0 unspecified atom stereocenters. The summed E-state index contributed by atoms with van der Waals surface area (Å²) in [6, 6.07) is 9.88. The lowest BCUT2D eigenvalue weighted by atomic mass is 9.96. The summed E-state index contributed by atoms with van der Waals surface area (Å²) in [6.45, 7) is 6.06. The van der Waals surface area contributed by atoms with Crippen LogP contribution in [0.3, 0.4) is 0 Å². The molecular formula is C21H27N5O2S. The predicted molar refractivity (Wildman–Crippen MR) is 116 cm³/mol. The number of ether oxygens (including phenoxy) is 1. The van der Waals surface area contributed by atoms with E-state index < -0.39 is 0 Å². The van der Waals surface area contributed by atoms with Gasteiger partial charge < -0.3 is 10.1 Å². The van der Waals surface area contributed by atoms with Crippen LogP contribution in [-0.2, 0) is 13.0 Å². The molecule has 0 atom stereocenters. The Kier molecular flexibility index (Phi) is 6.10. The Hall–Kier alpha value is -2.45. The number of benzene rings is 1. The summed E-state index contributed by atoms with van der Waals surface area (Å²) in [5.74, 6) is 1.52. The number of hydrogen-bond donors (Lipinski definition) is 1. The molecule has 0 radical (unpaired) electrons. The average molecular weight is 414 g/mol. The van der Waals surface area contributed by atoms with Crippen LogP contribution in [0.5, 0.6) is 5.75 Å². The minimum atomic E-state index is -0.108. The van der Waals surface area contributed by atoms with Crippen molar-refractivity contribution < 1.29 is 4.74 Å². The Labute approximate surface area is 174 Å². The van der Waals surface area contributed by atoms with Crippen molar-refractivity contribution >= 4 is 21.4 Å². The molecule has 0 aliphatic carbocycles. The van der Waals surface area contributed by atoms with Crippen molar-refractivity contribution in [3.05, 3.63) is 51.9 Å². The molecule has 154 valence electrons. The van der Waals surface area contributed by atoms with Gasteiger partial charge in [0.2, 0.25) is 10.1 Å². The Morgan fingerprint density at radius 3 is 2.69 bits per heavy atom. The summed E-state index contributed by atoms with van der Waals surface area (Å²) in [5.41, 5.74) is 2.03. The Morgan fingerprint density at radius 2 is 2.00 bits per heavy atom. The van der Waals surface area contributed by atoms with Gasteiger partial charge in [0.1, 0.15) is 5.75 Å². The first kappa shape index (κ1) is 19.8. The molecule has 29 heavy (non-hydrogen) atoms. The number of nitrogens with zero attached hydrogens (tertiary/aromatic N) is 4. The van der Waals surface area contributed by atoms with Crippen LogP contribution in [-0.4, -0.2) is 46.2 Å². The van der Waals surface area contributed by atoms with Gasteiger partial charge in [-0.25, -0.2) is 4.98 Å². The van der Waals surface area contributed by atoms with E-state index in [1.165, 1.54) is 21.4 Å². The summed E-state index contributed by atoms with van der Waals surface area (Å²) >= 11 is 1.44. The monoisotopic (exact) mass is 413 g/mol. The van der Waals surface area contributed by atoms with Gasteiger partial charge >= 0.3 is 0 Å². The van der Waals surface area contributed by atoms with Gasteiger partial charge in [-0.1, -0.05) is 30.4 Å². The first-order chi connectivity index (χ1) is 14.1. The van der Waals surface area contributed by atoms with Gasteiger partial charge in [0.05, 0.1) is 7.11 Å². The van der Waals surface area contributed by atoms with Crippen LogP contribution in [0.15, 0.2) is 35.1 Å².